The van der Waals surface area contributed by atoms with Crippen molar-refractivity contribution in [2.45, 2.75) is 0 Å². The summed E-state index contributed by atoms with van der Waals surface area (Å²) >= 11 is 0.552. The summed E-state index contributed by atoms with van der Waals surface area (Å²) in [4.78, 5) is 2.36. The van der Waals surface area contributed by atoms with Crippen LogP contribution in [0.15, 0.2) is 0 Å². The first-order valence-corrected chi connectivity index (χ1v) is 6.22. The van der Waals surface area contributed by atoms with Crippen molar-refractivity contribution in [2.75, 3.05) is 29.6 Å². The summed E-state index contributed by atoms with van der Waals surface area (Å²) in [6.45, 7) is 2.90. The van der Waals surface area contributed by atoms with Crippen molar-refractivity contribution in [3.05, 3.63) is 0 Å². The zero-order valence-electron chi connectivity index (χ0n) is 4.95. The minimum absolute atomic E-state index is 0.552. The zero-order chi connectivity index (χ0) is 5.33. The van der Waals surface area contributed by atoms with Gasteiger partial charge in [0.25, 0.3) is 0 Å². The standard InChI is InChI=1S/C5H12IN/c1-6-5-7(2)3-4-7/h3-5H2,1-2H3. The fraction of sp³-hybridized carbons (Fsp3) is 1.00. The van der Waals surface area contributed by atoms with E-state index < -0.39 is 0 Å². The maximum absolute atomic E-state index is 2.36. The Morgan fingerprint density at radius 3 is 2.29 bits per heavy atom. The van der Waals surface area contributed by atoms with E-state index in [4.69, 9.17) is 0 Å². The van der Waals surface area contributed by atoms with Crippen LogP contribution in [-0.4, -0.2) is 34.1 Å². The molecular weight excluding hydrogens is 201 g/mol. The third kappa shape index (κ3) is 1.57. The molecule has 1 aliphatic rings. The summed E-state index contributed by atoms with van der Waals surface area (Å²) in [6.07, 6.45) is 0. The Labute approximate surface area is 55.5 Å². The third-order valence-electron chi connectivity index (χ3n) is 1.40. The Kier molecular flexibility index (Phi) is 1.58. The molecule has 0 aliphatic carbocycles. The van der Waals surface area contributed by atoms with Crippen LogP contribution in [0.3, 0.4) is 0 Å². The second-order valence-corrected chi connectivity index (χ2v) is 4.66. The van der Waals surface area contributed by atoms with Crippen molar-refractivity contribution in [3.63, 3.8) is 0 Å². The number of nitrogens with zero attached hydrogens (tertiary/aromatic N) is 1. The van der Waals surface area contributed by atoms with Gasteiger partial charge in [0, 0.05) is 0 Å². The molecule has 2 heteroatoms. The first-order valence-electron chi connectivity index (χ1n) is 2.54. The van der Waals surface area contributed by atoms with Gasteiger partial charge in [-0.05, 0) is 0 Å². The van der Waals surface area contributed by atoms with E-state index >= 15 is 0 Å². The van der Waals surface area contributed by atoms with Crippen molar-refractivity contribution in [1.82, 2.24) is 0 Å². The summed E-state index contributed by atoms with van der Waals surface area (Å²) in [5, 5.41) is 0. The second kappa shape index (κ2) is 1.90. The van der Waals surface area contributed by atoms with Gasteiger partial charge in [-0.25, -0.2) is 0 Å². The fourth-order valence-electron chi connectivity index (χ4n) is 0.579. The van der Waals surface area contributed by atoms with E-state index in [0.717, 1.165) is 0 Å². The molecule has 0 aromatic carbocycles. The molecule has 0 unspecified atom stereocenters. The topological polar surface area (TPSA) is 0 Å². The third-order valence-corrected chi connectivity index (χ3v) is 3.72. The Hall–Kier alpha value is 0.690. The van der Waals surface area contributed by atoms with Gasteiger partial charge in [0.1, 0.15) is 0 Å². The van der Waals surface area contributed by atoms with E-state index in [9.17, 15) is 0 Å². The van der Waals surface area contributed by atoms with E-state index in [0.29, 0.717) is 21.2 Å². The summed E-state index contributed by atoms with van der Waals surface area (Å²) in [5.41, 5.74) is 0. The summed E-state index contributed by atoms with van der Waals surface area (Å²) in [5.74, 6) is 0. The van der Waals surface area contributed by atoms with E-state index in [1.54, 1.807) is 0 Å². The Morgan fingerprint density at radius 2 is 2.14 bits per heavy atom. The molecule has 1 aliphatic heterocycles. The summed E-state index contributed by atoms with van der Waals surface area (Å²) < 4.78 is 2.89. The molecule has 1 nitrogen and oxygen atoms in total. The normalized spacial score (nSPS) is 25.4. The first-order chi connectivity index (χ1) is 3.27. The van der Waals surface area contributed by atoms with Gasteiger partial charge < -0.3 is 0 Å². The number of quaternary nitrogens is 1. The fourth-order valence-corrected chi connectivity index (χ4v) is 2.91. The molecular formula is C5H12IN. The van der Waals surface area contributed by atoms with E-state index in [1.807, 2.05) is 0 Å². The van der Waals surface area contributed by atoms with Crippen molar-refractivity contribution in [1.29, 1.82) is 0 Å². The number of hydrogen-bond acceptors (Lipinski definition) is 0. The summed E-state index contributed by atoms with van der Waals surface area (Å²) in [7, 11) is 2.35. The first kappa shape index (κ1) is 5.82. The predicted octanol–water partition coefficient (Wildman–Crippen LogP) is -2.88. The molecule has 0 aromatic heterocycles. The van der Waals surface area contributed by atoms with Crippen molar-refractivity contribution in [3.8, 4) is 0 Å². The van der Waals surface area contributed by atoms with Crippen LogP contribution in [0.2, 0.25) is 0 Å². The van der Waals surface area contributed by atoms with Gasteiger partial charge in [0.15, 0.2) is 0 Å². The van der Waals surface area contributed by atoms with E-state index in [2.05, 4.69) is 12.0 Å². The van der Waals surface area contributed by atoms with Gasteiger partial charge in [-0.2, -0.15) is 0 Å². The Bertz CT molecular complexity index is 68.5. The molecule has 1 heterocycles. The number of hydrogen-bond donors (Lipinski definition) is 0. The molecule has 0 saturated carbocycles. The van der Waals surface area contributed by atoms with Gasteiger partial charge in [-0.15, -0.1) is 0 Å². The van der Waals surface area contributed by atoms with Crippen LogP contribution in [0, 0.1) is 0 Å². The van der Waals surface area contributed by atoms with Crippen molar-refractivity contribution >= 4 is 0 Å². The molecule has 0 spiro atoms. The average molecular weight is 213 g/mol. The number of rotatable bonds is 2. The molecule has 0 N–H and O–H groups in total. The molecule has 1 rings (SSSR count). The van der Waals surface area contributed by atoms with Crippen LogP contribution in [0.5, 0.6) is 0 Å². The average Bonchev–Trinajstić information content (AvgIpc) is 2.22. The second-order valence-electron chi connectivity index (χ2n) is 2.45. The van der Waals surface area contributed by atoms with Crippen molar-refractivity contribution in [2.24, 2.45) is 0 Å². The quantitative estimate of drug-likeness (QED) is 0.152. The number of alkyl halides is 2. The molecule has 1 saturated heterocycles. The molecule has 0 aromatic rings. The molecule has 0 amide bonds. The molecule has 44 valence electrons. The van der Waals surface area contributed by atoms with E-state index in [1.165, 1.54) is 22.1 Å². The van der Waals surface area contributed by atoms with Crippen LogP contribution >= 0.6 is 0 Å². The minimum atomic E-state index is 0.552. The van der Waals surface area contributed by atoms with Gasteiger partial charge >= 0.3 is 55.3 Å². The van der Waals surface area contributed by atoms with Gasteiger partial charge in [-0.1, -0.05) is 0 Å². The molecule has 1 fully saturated rings. The zero-order valence-corrected chi connectivity index (χ0v) is 7.10. The number of likely N-dealkylation sites (N-methyl/N-ethyl adjacent to an activating group) is 1. The Balaban J connectivity index is 2.13. The van der Waals surface area contributed by atoms with Gasteiger partial charge in [-0.3, -0.25) is 0 Å². The molecule has 0 bridgehead atoms. The van der Waals surface area contributed by atoms with E-state index in [-0.39, 0.29) is 0 Å². The molecule has 0 radical (unpaired) electrons. The predicted molar refractivity (Wildman–Crippen MR) is 26.7 cm³/mol. The van der Waals surface area contributed by atoms with Gasteiger partial charge in [0.2, 0.25) is 0 Å². The van der Waals surface area contributed by atoms with Crippen molar-refractivity contribution < 1.29 is 25.7 Å². The van der Waals surface area contributed by atoms with Crippen LogP contribution < -0.4 is 21.2 Å². The van der Waals surface area contributed by atoms with Crippen LogP contribution in [-0.2, 0) is 0 Å². The Morgan fingerprint density at radius 1 is 1.57 bits per heavy atom. The van der Waals surface area contributed by atoms with Crippen LogP contribution in [0.25, 0.3) is 0 Å². The SMILES string of the molecule is C[I-]C[N+]1(C)CC1. The molecule has 7 heavy (non-hydrogen) atoms. The monoisotopic (exact) mass is 213 g/mol. The maximum atomic E-state index is 2.36. The summed E-state index contributed by atoms with van der Waals surface area (Å²) in [6, 6.07) is 0. The van der Waals surface area contributed by atoms with Gasteiger partial charge in [0.05, 0.1) is 0 Å². The molecule has 0 atom stereocenters. The van der Waals surface area contributed by atoms with Crippen LogP contribution in [0.4, 0.5) is 0 Å². The number of halogens is 1. The van der Waals surface area contributed by atoms with Crippen LogP contribution in [0.1, 0.15) is 0 Å².